The molecule has 24 heavy (non-hydrogen) atoms. The van der Waals surface area contributed by atoms with Crippen LogP contribution in [0.4, 0.5) is 0 Å². The van der Waals surface area contributed by atoms with Crippen molar-refractivity contribution in [2.45, 2.75) is 32.3 Å². The molecule has 0 aliphatic carbocycles. The highest BCUT2D eigenvalue weighted by molar-refractivity contribution is 5.96. The smallest absolute Gasteiger partial charge is 0.305 e. The lowest BCUT2D eigenvalue weighted by Gasteiger charge is -2.07. The highest BCUT2D eigenvalue weighted by Crippen LogP contribution is 2.16. The first-order valence-corrected chi connectivity index (χ1v) is 8.06. The third kappa shape index (κ3) is 5.88. The number of rotatable bonds is 9. The Kier molecular flexibility index (Phi) is 7.02. The zero-order chi connectivity index (χ0) is 17.2. The van der Waals surface area contributed by atoms with Crippen LogP contribution >= 0.6 is 0 Å². The van der Waals surface area contributed by atoms with E-state index in [-0.39, 0.29) is 11.8 Å². The maximum absolute atomic E-state index is 12.1. The van der Waals surface area contributed by atoms with Crippen molar-refractivity contribution >= 4 is 11.8 Å². The Balaban J connectivity index is 1.76. The van der Waals surface area contributed by atoms with E-state index in [1.807, 2.05) is 42.5 Å². The number of ketones is 1. The molecule has 0 unspecified atom stereocenters. The molecule has 0 N–H and O–H groups in total. The number of unbranched alkanes of at least 4 members (excludes halogenated alkanes) is 1. The van der Waals surface area contributed by atoms with Gasteiger partial charge in [0.2, 0.25) is 0 Å². The second-order valence-electron chi connectivity index (χ2n) is 5.51. The molecule has 0 amide bonds. The van der Waals surface area contributed by atoms with Crippen molar-refractivity contribution in [2.24, 2.45) is 0 Å². The van der Waals surface area contributed by atoms with Crippen molar-refractivity contribution in [2.75, 3.05) is 7.11 Å². The summed E-state index contributed by atoms with van der Waals surface area (Å²) in [5, 5.41) is 0. The van der Waals surface area contributed by atoms with Crippen LogP contribution in [0, 0.1) is 0 Å². The summed E-state index contributed by atoms with van der Waals surface area (Å²) < 4.78 is 10.3. The van der Waals surface area contributed by atoms with Crippen LogP contribution in [0.15, 0.2) is 54.6 Å². The molecule has 0 atom stereocenters. The molecule has 0 heterocycles. The minimum absolute atomic E-state index is 0.0782. The second kappa shape index (κ2) is 9.50. The molecule has 4 heteroatoms. The SMILES string of the molecule is COC(=O)CCCCC(=O)c1ccc(OCc2ccccc2)cc1. The number of carbonyl (C=O) groups excluding carboxylic acids is 2. The number of hydrogen-bond acceptors (Lipinski definition) is 4. The molecule has 2 rings (SSSR count). The first-order chi connectivity index (χ1) is 11.7. The van der Waals surface area contributed by atoms with E-state index in [9.17, 15) is 9.59 Å². The standard InChI is InChI=1S/C20H22O4/c1-23-20(22)10-6-5-9-19(21)17-11-13-18(14-12-17)24-15-16-7-3-2-4-8-16/h2-4,7-8,11-14H,5-6,9-10,15H2,1H3. The molecule has 0 bridgehead atoms. The molecule has 0 aliphatic heterocycles. The minimum Gasteiger partial charge on any atom is -0.489 e. The third-order valence-electron chi connectivity index (χ3n) is 3.69. The highest BCUT2D eigenvalue weighted by Gasteiger charge is 2.07. The van der Waals surface area contributed by atoms with E-state index in [0.29, 0.717) is 37.9 Å². The van der Waals surface area contributed by atoms with Crippen molar-refractivity contribution in [3.05, 3.63) is 65.7 Å². The Hall–Kier alpha value is -2.62. The summed E-state index contributed by atoms with van der Waals surface area (Å²) in [6, 6.07) is 17.1. The van der Waals surface area contributed by atoms with Gasteiger partial charge in [-0.15, -0.1) is 0 Å². The van der Waals surface area contributed by atoms with Crippen LogP contribution in [0.1, 0.15) is 41.6 Å². The van der Waals surface area contributed by atoms with E-state index >= 15 is 0 Å². The van der Waals surface area contributed by atoms with E-state index in [2.05, 4.69) is 4.74 Å². The van der Waals surface area contributed by atoms with Gasteiger partial charge in [-0.25, -0.2) is 0 Å². The van der Waals surface area contributed by atoms with Crippen LogP contribution < -0.4 is 4.74 Å². The first-order valence-electron chi connectivity index (χ1n) is 8.06. The summed E-state index contributed by atoms with van der Waals surface area (Å²) in [5.41, 5.74) is 1.77. The van der Waals surface area contributed by atoms with Crippen LogP contribution in [-0.4, -0.2) is 18.9 Å². The van der Waals surface area contributed by atoms with E-state index in [4.69, 9.17) is 4.74 Å². The maximum Gasteiger partial charge on any atom is 0.305 e. The zero-order valence-corrected chi connectivity index (χ0v) is 13.9. The topological polar surface area (TPSA) is 52.6 Å². The number of ether oxygens (including phenoxy) is 2. The number of Topliss-reactive ketones (excluding diaryl/α,β-unsaturated/α-hetero) is 1. The van der Waals surface area contributed by atoms with Crippen LogP contribution in [0.2, 0.25) is 0 Å². The van der Waals surface area contributed by atoms with Crippen molar-refractivity contribution in [3.63, 3.8) is 0 Å². The summed E-state index contributed by atoms with van der Waals surface area (Å²) in [6.45, 7) is 0.502. The molecule has 0 aliphatic rings. The molecule has 2 aromatic carbocycles. The number of benzene rings is 2. The van der Waals surface area contributed by atoms with Gasteiger partial charge < -0.3 is 9.47 Å². The second-order valence-corrected chi connectivity index (χ2v) is 5.51. The molecule has 0 aromatic heterocycles. The fraction of sp³-hybridized carbons (Fsp3) is 0.300. The lowest BCUT2D eigenvalue weighted by Crippen LogP contribution is -2.02. The van der Waals surface area contributed by atoms with Gasteiger partial charge in [-0.05, 0) is 42.7 Å². The van der Waals surface area contributed by atoms with Crippen LogP contribution in [0.3, 0.4) is 0 Å². The highest BCUT2D eigenvalue weighted by atomic mass is 16.5. The van der Waals surface area contributed by atoms with Gasteiger partial charge in [-0.1, -0.05) is 30.3 Å². The molecule has 0 spiro atoms. The summed E-state index contributed by atoms with van der Waals surface area (Å²) >= 11 is 0. The largest absolute Gasteiger partial charge is 0.489 e. The fourth-order valence-corrected chi connectivity index (χ4v) is 2.28. The summed E-state index contributed by atoms with van der Waals surface area (Å²) in [5.74, 6) is 0.581. The van der Waals surface area contributed by atoms with Gasteiger partial charge in [0.25, 0.3) is 0 Å². The van der Waals surface area contributed by atoms with E-state index in [0.717, 1.165) is 11.3 Å². The maximum atomic E-state index is 12.1. The van der Waals surface area contributed by atoms with Gasteiger partial charge in [0, 0.05) is 18.4 Å². The number of hydrogen-bond donors (Lipinski definition) is 0. The predicted molar refractivity (Wildman–Crippen MR) is 92.0 cm³/mol. The van der Waals surface area contributed by atoms with Gasteiger partial charge in [-0.3, -0.25) is 9.59 Å². The van der Waals surface area contributed by atoms with Crippen LogP contribution in [0.25, 0.3) is 0 Å². The molecular weight excluding hydrogens is 304 g/mol. The third-order valence-corrected chi connectivity index (χ3v) is 3.69. The van der Waals surface area contributed by atoms with E-state index in [1.165, 1.54) is 7.11 Å². The van der Waals surface area contributed by atoms with Crippen LogP contribution in [0.5, 0.6) is 5.75 Å². The van der Waals surface area contributed by atoms with Crippen molar-refractivity contribution in [3.8, 4) is 5.75 Å². The molecule has 2 aromatic rings. The van der Waals surface area contributed by atoms with Crippen LogP contribution in [-0.2, 0) is 16.1 Å². The van der Waals surface area contributed by atoms with Gasteiger partial charge in [0.1, 0.15) is 12.4 Å². The summed E-state index contributed by atoms with van der Waals surface area (Å²) in [6.07, 6.45) is 2.13. The van der Waals surface area contributed by atoms with Gasteiger partial charge >= 0.3 is 5.97 Å². The monoisotopic (exact) mass is 326 g/mol. The van der Waals surface area contributed by atoms with Crippen molar-refractivity contribution in [1.29, 1.82) is 0 Å². The lowest BCUT2D eigenvalue weighted by atomic mass is 10.0. The Labute approximate surface area is 142 Å². The minimum atomic E-state index is -0.234. The average Bonchev–Trinajstić information content (AvgIpc) is 2.64. The Morgan fingerprint density at radius 1 is 0.875 bits per heavy atom. The Morgan fingerprint density at radius 3 is 2.21 bits per heavy atom. The molecule has 0 radical (unpaired) electrons. The molecular formula is C20H22O4. The summed E-state index contributed by atoms with van der Waals surface area (Å²) in [7, 11) is 1.37. The van der Waals surface area contributed by atoms with Gasteiger partial charge in [0.05, 0.1) is 7.11 Å². The summed E-state index contributed by atoms with van der Waals surface area (Å²) in [4.78, 5) is 23.1. The van der Waals surface area contributed by atoms with Gasteiger partial charge in [-0.2, -0.15) is 0 Å². The number of carbonyl (C=O) groups is 2. The van der Waals surface area contributed by atoms with Gasteiger partial charge in [0.15, 0.2) is 5.78 Å². The first kappa shape index (κ1) is 17.7. The fourth-order valence-electron chi connectivity index (χ4n) is 2.28. The normalized spacial score (nSPS) is 10.2. The quantitative estimate of drug-likeness (QED) is 0.394. The molecule has 4 nitrogen and oxygen atoms in total. The zero-order valence-electron chi connectivity index (χ0n) is 13.9. The average molecular weight is 326 g/mol. The molecule has 0 saturated carbocycles. The lowest BCUT2D eigenvalue weighted by molar-refractivity contribution is -0.140. The molecule has 0 fully saturated rings. The van der Waals surface area contributed by atoms with E-state index in [1.54, 1.807) is 12.1 Å². The van der Waals surface area contributed by atoms with Crippen molar-refractivity contribution in [1.82, 2.24) is 0 Å². The molecule has 0 saturated heterocycles. The Bertz CT molecular complexity index is 647. The van der Waals surface area contributed by atoms with Crippen molar-refractivity contribution < 1.29 is 19.1 Å². The number of esters is 1. The number of methoxy groups -OCH3 is 1. The Morgan fingerprint density at radius 2 is 1.54 bits per heavy atom. The van der Waals surface area contributed by atoms with E-state index < -0.39 is 0 Å². The predicted octanol–water partition coefficient (Wildman–Crippen LogP) is 4.18. The molecule has 126 valence electrons.